The van der Waals surface area contributed by atoms with Gasteiger partial charge in [0.15, 0.2) is 17.5 Å². The average Bonchev–Trinajstić information content (AvgIpc) is 2.55. The maximum Gasteiger partial charge on any atom is 0.238 e. The maximum absolute atomic E-state index is 14.2. The number of halogens is 5. The van der Waals surface area contributed by atoms with Gasteiger partial charge < -0.3 is 4.74 Å². The van der Waals surface area contributed by atoms with Gasteiger partial charge >= 0.3 is 0 Å². The largest absolute Gasteiger partial charge is 0.476 e. The second-order valence-corrected chi connectivity index (χ2v) is 6.75. The Morgan fingerprint density at radius 1 is 1.15 bits per heavy atom. The second-order valence-electron chi connectivity index (χ2n) is 5.84. The van der Waals surface area contributed by atoms with Crippen LogP contribution in [0, 0.1) is 23.3 Å². The highest BCUT2D eigenvalue weighted by Gasteiger charge is 2.33. The Hall–Kier alpha value is -2.42. The smallest absolute Gasteiger partial charge is 0.238 e. The predicted molar refractivity (Wildman–Crippen MR) is 94.2 cm³/mol. The molecule has 2 aromatic rings. The maximum atomic E-state index is 14.2. The molecule has 142 valence electrons. The number of amides is 1. The van der Waals surface area contributed by atoms with Crippen LogP contribution in [-0.2, 0) is 16.1 Å². The number of nitrogens with zero attached hydrogens (tertiary/aromatic N) is 2. The molecule has 1 unspecified atom stereocenters. The SMILES string of the molecule is CC1N=C(OCc2ccc(F)cc2F)CC(=O)N1c1c(F)cc(Br)cc1F. The van der Waals surface area contributed by atoms with Gasteiger partial charge in [0.25, 0.3) is 0 Å². The summed E-state index contributed by atoms with van der Waals surface area (Å²) in [5, 5.41) is 0. The molecule has 4 nitrogen and oxygen atoms in total. The summed E-state index contributed by atoms with van der Waals surface area (Å²) in [6, 6.07) is 5.12. The topological polar surface area (TPSA) is 41.9 Å². The summed E-state index contributed by atoms with van der Waals surface area (Å²) in [5.74, 6) is -3.93. The Kier molecular flexibility index (Phi) is 5.50. The molecule has 27 heavy (non-hydrogen) atoms. The van der Waals surface area contributed by atoms with E-state index in [1.54, 1.807) is 0 Å². The lowest BCUT2D eigenvalue weighted by molar-refractivity contribution is -0.118. The molecule has 1 amide bonds. The fourth-order valence-electron chi connectivity index (χ4n) is 2.70. The number of hydrogen-bond acceptors (Lipinski definition) is 3. The zero-order valence-corrected chi connectivity index (χ0v) is 15.6. The van der Waals surface area contributed by atoms with E-state index in [2.05, 4.69) is 20.9 Å². The Bertz CT molecular complexity index is 913. The van der Waals surface area contributed by atoms with E-state index in [1.165, 1.54) is 13.0 Å². The van der Waals surface area contributed by atoms with Crippen LogP contribution in [0.25, 0.3) is 0 Å². The number of carbonyl (C=O) groups is 1. The lowest BCUT2D eigenvalue weighted by atomic mass is 10.2. The third kappa shape index (κ3) is 4.13. The summed E-state index contributed by atoms with van der Waals surface area (Å²) in [6.45, 7) is 1.21. The van der Waals surface area contributed by atoms with Crippen LogP contribution in [-0.4, -0.2) is 18.0 Å². The van der Waals surface area contributed by atoms with Crippen LogP contribution in [0.2, 0.25) is 0 Å². The van der Waals surface area contributed by atoms with Crippen molar-refractivity contribution in [3.63, 3.8) is 0 Å². The molecule has 3 rings (SSSR count). The van der Waals surface area contributed by atoms with Crippen molar-refractivity contribution in [3.05, 3.63) is 63.6 Å². The Morgan fingerprint density at radius 2 is 1.81 bits per heavy atom. The van der Waals surface area contributed by atoms with Crippen LogP contribution in [0.3, 0.4) is 0 Å². The van der Waals surface area contributed by atoms with Gasteiger partial charge in [-0.15, -0.1) is 0 Å². The van der Waals surface area contributed by atoms with Crippen molar-refractivity contribution in [2.24, 2.45) is 4.99 Å². The van der Waals surface area contributed by atoms with Gasteiger partial charge in [0.05, 0.1) is 0 Å². The van der Waals surface area contributed by atoms with Gasteiger partial charge in [-0.1, -0.05) is 15.9 Å². The molecule has 0 aliphatic carbocycles. The first-order valence-corrected chi connectivity index (χ1v) is 8.65. The van der Waals surface area contributed by atoms with E-state index in [0.717, 1.165) is 29.2 Å². The third-order valence-corrected chi connectivity index (χ3v) is 4.37. The molecule has 9 heteroatoms. The zero-order chi connectivity index (χ0) is 19.7. The summed E-state index contributed by atoms with van der Waals surface area (Å²) >= 11 is 2.98. The third-order valence-electron chi connectivity index (χ3n) is 3.91. The Labute approximate surface area is 160 Å². The molecule has 0 N–H and O–H groups in total. The van der Waals surface area contributed by atoms with Crippen molar-refractivity contribution >= 4 is 33.4 Å². The predicted octanol–water partition coefficient (Wildman–Crippen LogP) is 4.70. The number of ether oxygens (including phenoxy) is 1. The number of rotatable bonds is 3. The van der Waals surface area contributed by atoms with Gasteiger partial charge in [-0.2, -0.15) is 0 Å². The molecule has 0 saturated heterocycles. The van der Waals surface area contributed by atoms with E-state index < -0.39 is 41.0 Å². The Balaban J connectivity index is 1.79. The van der Waals surface area contributed by atoms with Crippen molar-refractivity contribution in [1.29, 1.82) is 0 Å². The summed E-state index contributed by atoms with van der Waals surface area (Å²) in [5.41, 5.74) is -0.408. The van der Waals surface area contributed by atoms with Crippen LogP contribution in [0.5, 0.6) is 0 Å². The first kappa shape index (κ1) is 19.3. The fraction of sp³-hybridized carbons (Fsp3) is 0.222. The van der Waals surface area contributed by atoms with Crippen molar-refractivity contribution in [1.82, 2.24) is 0 Å². The van der Waals surface area contributed by atoms with Crippen molar-refractivity contribution in [2.75, 3.05) is 4.90 Å². The molecule has 1 heterocycles. The molecule has 0 radical (unpaired) electrons. The molecule has 0 saturated carbocycles. The van der Waals surface area contributed by atoms with Crippen LogP contribution in [0.1, 0.15) is 18.9 Å². The lowest BCUT2D eigenvalue weighted by Gasteiger charge is -2.31. The first-order valence-electron chi connectivity index (χ1n) is 7.86. The highest BCUT2D eigenvalue weighted by Crippen LogP contribution is 2.31. The summed E-state index contributed by atoms with van der Waals surface area (Å²) in [4.78, 5) is 17.4. The standard InChI is InChI=1S/C18H13BrF4N2O2/c1-9-24-16(27-8-10-2-3-12(20)6-13(10)21)7-17(26)25(9)18-14(22)4-11(19)5-15(18)23/h2-6,9H,7-8H2,1H3. The summed E-state index contributed by atoms with van der Waals surface area (Å²) in [7, 11) is 0. The molecular weight excluding hydrogens is 432 g/mol. The number of aliphatic imine (C=N–C) groups is 1. The fourth-order valence-corrected chi connectivity index (χ4v) is 3.10. The Morgan fingerprint density at radius 3 is 2.41 bits per heavy atom. The van der Waals surface area contributed by atoms with Crippen molar-refractivity contribution in [2.45, 2.75) is 26.1 Å². The zero-order valence-electron chi connectivity index (χ0n) is 14.0. The van der Waals surface area contributed by atoms with E-state index in [9.17, 15) is 22.4 Å². The second kappa shape index (κ2) is 7.67. The van der Waals surface area contributed by atoms with Gasteiger partial charge in [0, 0.05) is 16.1 Å². The van der Waals surface area contributed by atoms with Gasteiger partial charge in [0.2, 0.25) is 5.91 Å². The lowest BCUT2D eigenvalue weighted by Crippen LogP contribution is -2.44. The number of carbonyl (C=O) groups excluding carboxylic acids is 1. The van der Waals surface area contributed by atoms with E-state index in [-0.39, 0.29) is 29.0 Å². The van der Waals surface area contributed by atoms with Crippen LogP contribution >= 0.6 is 15.9 Å². The normalized spacial score (nSPS) is 17.1. The quantitative estimate of drug-likeness (QED) is 0.643. The highest BCUT2D eigenvalue weighted by molar-refractivity contribution is 9.10. The molecule has 1 atom stereocenters. The molecule has 0 fully saturated rings. The summed E-state index contributed by atoms with van der Waals surface area (Å²) in [6.07, 6.45) is -1.27. The molecule has 1 aliphatic heterocycles. The molecule has 2 aromatic carbocycles. The molecule has 0 aromatic heterocycles. The van der Waals surface area contributed by atoms with Crippen LogP contribution in [0.15, 0.2) is 39.8 Å². The van der Waals surface area contributed by atoms with Gasteiger partial charge in [-0.05, 0) is 31.2 Å². The average molecular weight is 445 g/mol. The minimum atomic E-state index is -0.926. The van der Waals surface area contributed by atoms with Crippen molar-refractivity contribution < 1.29 is 27.1 Å². The monoisotopic (exact) mass is 444 g/mol. The van der Waals surface area contributed by atoms with E-state index in [4.69, 9.17) is 4.74 Å². The van der Waals surface area contributed by atoms with Crippen LogP contribution in [0.4, 0.5) is 23.2 Å². The first-order chi connectivity index (χ1) is 12.8. The number of benzene rings is 2. The number of hydrogen-bond donors (Lipinski definition) is 0. The molecule has 1 aliphatic rings. The minimum Gasteiger partial charge on any atom is -0.476 e. The van der Waals surface area contributed by atoms with E-state index in [1.807, 2.05) is 0 Å². The molecular formula is C18H13BrF4N2O2. The van der Waals surface area contributed by atoms with Gasteiger partial charge in [-0.3, -0.25) is 9.69 Å². The molecule has 0 spiro atoms. The van der Waals surface area contributed by atoms with Crippen LogP contribution < -0.4 is 4.90 Å². The van der Waals surface area contributed by atoms with Gasteiger partial charge in [0.1, 0.15) is 36.5 Å². The van der Waals surface area contributed by atoms with Gasteiger partial charge in [-0.25, -0.2) is 22.6 Å². The summed E-state index contributed by atoms with van der Waals surface area (Å²) < 4.78 is 60.4. The van der Waals surface area contributed by atoms with E-state index >= 15 is 0 Å². The highest BCUT2D eigenvalue weighted by atomic mass is 79.9. The van der Waals surface area contributed by atoms with E-state index in [0.29, 0.717) is 0 Å². The van der Waals surface area contributed by atoms with Crippen molar-refractivity contribution in [3.8, 4) is 0 Å². The number of anilines is 1. The molecule has 0 bridgehead atoms. The minimum absolute atomic E-state index is 0.00500.